The topological polar surface area (TPSA) is 64.0 Å². The number of aryl methyl sites for hydroxylation is 1. The summed E-state index contributed by atoms with van der Waals surface area (Å²) in [6, 6.07) is 4.71. The van der Waals surface area contributed by atoms with Crippen molar-refractivity contribution in [2.75, 3.05) is 13.1 Å². The molecule has 3 heterocycles. The Labute approximate surface area is 149 Å². The summed E-state index contributed by atoms with van der Waals surface area (Å²) in [5.41, 5.74) is 1.99. The van der Waals surface area contributed by atoms with E-state index in [9.17, 15) is 0 Å². The maximum Gasteiger partial charge on any atom is 0.215 e. The highest BCUT2D eigenvalue weighted by atomic mass is 16.5. The monoisotopic (exact) mass is 343 g/mol. The zero-order valence-corrected chi connectivity index (χ0v) is 15.1. The summed E-state index contributed by atoms with van der Waals surface area (Å²) in [6.45, 7) is 3.00. The number of hydrogen-bond acceptors (Lipinski definition) is 5. The van der Waals surface area contributed by atoms with Gasteiger partial charge in [-0.2, -0.15) is 10.1 Å². The van der Waals surface area contributed by atoms with Crippen molar-refractivity contribution in [3.63, 3.8) is 0 Å². The maximum atomic E-state index is 6.11. The van der Waals surface area contributed by atoms with Crippen LogP contribution >= 0.6 is 0 Å². The summed E-state index contributed by atoms with van der Waals surface area (Å²) in [6.07, 6.45) is 8.86. The van der Waals surface area contributed by atoms with Crippen LogP contribution in [0, 0.1) is 0 Å². The van der Waals surface area contributed by atoms with Gasteiger partial charge in [0.15, 0.2) is 5.65 Å². The fourth-order valence-corrected chi connectivity index (χ4v) is 4.00. The number of piperidine rings is 1. The van der Waals surface area contributed by atoms with Gasteiger partial charge in [0, 0.05) is 31.1 Å². The molecule has 0 bridgehead atoms. The molecular formula is C19H29N5O. The van der Waals surface area contributed by atoms with Gasteiger partial charge in [0.1, 0.15) is 6.10 Å². The summed E-state index contributed by atoms with van der Waals surface area (Å²) in [4.78, 5) is 4.72. The van der Waals surface area contributed by atoms with Gasteiger partial charge in [0.2, 0.25) is 5.88 Å². The average Bonchev–Trinajstić information content (AvgIpc) is 2.97. The van der Waals surface area contributed by atoms with E-state index in [4.69, 9.17) is 9.72 Å². The van der Waals surface area contributed by atoms with Crippen LogP contribution in [0.3, 0.4) is 0 Å². The van der Waals surface area contributed by atoms with Gasteiger partial charge >= 0.3 is 0 Å². The van der Waals surface area contributed by atoms with Gasteiger partial charge in [0.25, 0.3) is 0 Å². The molecule has 2 N–H and O–H groups in total. The van der Waals surface area contributed by atoms with Crippen LogP contribution in [0.1, 0.15) is 50.6 Å². The minimum absolute atomic E-state index is 0.327. The van der Waals surface area contributed by atoms with E-state index in [1.54, 1.807) is 0 Å². The van der Waals surface area contributed by atoms with Crippen LogP contribution in [0.4, 0.5) is 0 Å². The lowest BCUT2D eigenvalue weighted by Crippen LogP contribution is -2.39. The Kier molecular flexibility index (Phi) is 5.17. The predicted molar refractivity (Wildman–Crippen MR) is 98.7 cm³/mol. The highest BCUT2D eigenvalue weighted by Crippen LogP contribution is 2.25. The van der Waals surface area contributed by atoms with Gasteiger partial charge in [-0.3, -0.25) is 4.68 Å². The first-order valence-corrected chi connectivity index (χ1v) is 9.73. The molecule has 4 rings (SSSR count). The second-order valence-corrected chi connectivity index (χ2v) is 7.37. The van der Waals surface area contributed by atoms with Gasteiger partial charge in [-0.1, -0.05) is 6.42 Å². The van der Waals surface area contributed by atoms with E-state index in [0.29, 0.717) is 12.1 Å². The molecular weight excluding hydrogens is 314 g/mol. The van der Waals surface area contributed by atoms with Crippen LogP contribution in [-0.4, -0.2) is 40.0 Å². The number of rotatable bonds is 5. The predicted octanol–water partition coefficient (Wildman–Crippen LogP) is 2.52. The Balaban J connectivity index is 1.46. The lowest BCUT2D eigenvalue weighted by atomic mass is 9.98. The zero-order chi connectivity index (χ0) is 17.1. The summed E-state index contributed by atoms with van der Waals surface area (Å²) < 4.78 is 7.99. The van der Waals surface area contributed by atoms with E-state index >= 15 is 0 Å². The standard InChI is InChI=1S/C19H29N5O/c1-24-19-16(17(23-24)13-21-14-9-11-20-12-10-14)7-8-18(22-19)25-15-5-3-2-4-6-15/h7-8,14-15,20-21H,2-6,9-13H2,1H3. The lowest BCUT2D eigenvalue weighted by Gasteiger charge is -2.23. The van der Waals surface area contributed by atoms with Gasteiger partial charge in [-0.15, -0.1) is 0 Å². The van der Waals surface area contributed by atoms with Gasteiger partial charge in [-0.05, 0) is 57.7 Å². The molecule has 0 radical (unpaired) electrons. The summed E-state index contributed by atoms with van der Waals surface area (Å²) >= 11 is 0. The van der Waals surface area contributed by atoms with E-state index in [-0.39, 0.29) is 0 Å². The Morgan fingerprint density at radius 1 is 1.16 bits per heavy atom. The Morgan fingerprint density at radius 2 is 1.96 bits per heavy atom. The fourth-order valence-electron chi connectivity index (χ4n) is 4.00. The highest BCUT2D eigenvalue weighted by molar-refractivity contribution is 5.78. The van der Waals surface area contributed by atoms with Crippen molar-refractivity contribution in [2.45, 2.75) is 63.6 Å². The largest absolute Gasteiger partial charge is 0.474 e. The van der Waals surface area contributed by atoms with E-state index in [1.165, 1.54) is 32.1 Å². The summed E-state index contributed by atoms with van der Waals surface area (Å²) in [7, 11) is 1.97. The van der Waals surface area contributed by atoms with Gasteiger partial charge < -0.3 is 15.4 Å². The Morgan fingerprint density at radius 3 is 2.76 bits per heavy atom. The molecule has 0 amide bonds. The zero-order valence-electron chi connectivity index (χ0n) is 15.1. The first-order chi connectivity index (χ1) is 12.3. The van der Waals surface area contributed by atoms with E-state index in [0.717, 1.165) is 55.1 Å². The van der Waals surface area contributed by atoms with Crippen LogP contribution in [0.25, 0.3) is 11.0 Å². The molecule has 1 saturated carbocycles. The van der Waals surface area contributed by atoms with E-state index in [1.807, 2.05) is 17.8 Å². The second kappa shape index (κ2) is 7.70. The number of aromatic nitrogens is 3. The molecule has 1 aliphatic carbocycles. The number of nitrogens with zero attached hydrogens (tertiary/aromatic N) is 3. The third-order valence-corrected chi connectivity index (χ3v) is 5.47. The molecule has 2 fully saturated rings. The summed E-state index contributed by atoms with van der Waals surface area (Å²) in [5.74, 6) is 0.736. The third kappa shape index (κ3) is 3.96. The van der Waals surface area contributed by atoms with Crippen LogP contribution < -0.4 is 15.4 Å². The smallest absolute Gasteiger partial charge is 0.215 e. The van der Waals surface area contributed by atoms with Crippen molar-refractivity contribution in [3.05, 3.63) is 17.8 Å². The molecule has 1 saturated heterocycles. The van der Waals surface area contributed by atoms with E-state index < -0.39 is 0 Å². The molecule has 2 aromatic heterocycles. The SMILES string of the molecule is Cn1nc(CNC2CCNCC2)c2ccc(OC3CCCCC3)nc21. The van der Waals surface area contributed by atoms with Crippen LogP contribution in [0.5, 0.6) is 5.88 Å². The lowest BCUT2D eigenvalue weighted by molar-refractivity contribution is 0.149. The molecule has 0 atom stereocenters. The highest BCUT2D eigenvalue weighted by Gasteiger charge is 2.18. The second-order valence-electron chi connectivity index (χ2n) is 7.37. The first kappa shape index (κ1) is 16.8. The van der Waals surface area contributed by atoms with Crippen LogP contribution in [0.2, 0.25) is 0 Å². The quantitative estimate of drug-likeness (QED) is 0.873. The molecule has 2 aliphatic rings. The molecule has 136 valence electrons. The molecule has 25 heavy (non-hydrogen) atoms. The minimum atomic E-state index is 0.327. The maximum absolute atomic E-state index is 6.11. The number of nitrogens with one attached hydrogen (secondary N) is 2. The van der Waals surface area contributed by atoms with Crippen molar-refractivity contribution in [1.82, 2.24) is 25.4 Å². The van der Waals surface area contributed by atoms with Gasteiger partial charge in [-0.25, -0.2) is 0 Å². The number of ether oxygens (including phenoxy) is 1. The molecule has 0 spiro atoms. The first-order valence-electron chi connectivity index (χ1n) is 9.73. The molecule has 2 aromatic rings. The van der Waals surface area contributed by atoms with Crippen molar-refractivity contribution >= 4 is 11.0 Å². The Hall–Kier alpha value is -1.66. The molecule has 6 heteroatoms. The number of pyridine rings is 1. The Bertz CT molecular complexity index is 701. The molecule has 6 nitrogen and oxygen atoms in total. The average molecular weight is 343 g/mol. The van der Waals surface area contributed by atoms with Crippen molar-refractivity contribution in [2.24, 2.45) is 7.05 Å². The molecule has 1 aliphatic heterocycles. The third-order valence-electron chi connectivity index (χ3n) is 5.47. The molecule has 0 unspecified atom stereocenters. The van der Waals surface area contributed by atoms with Crippen LogP contribution in [-0.2, 0) is 13.6 Å². The van der Waals surface area contributed by atoms with Crippen molar-refractivity contribution < 1.29 is 4.74 Å². The van der Waals surface area contributed by atoms with E-state index in [2.05, 4.69) is 21.8 Å². The minimum Gasteiger partial charge on any atom is -0.474 e. The van der Waals surface area contributed by atoms with Crippen molar-refractivity contribution in [1.29, 1.82) is 0 Å². The van der Waals surface area contributed by atoms with Crippen molar-refractivity contribution in [3.8, 4) is 5.88 Å². The number of fused-ring (bicyclic) bond motifs is 1. The fraction of sp³-hybridized carbons (Fsp3) is 0.684. The number of hydrogen-bond donors (Lipinski definition) is 2. The normalized spacial score (nSPS) is 20.2. The van der Waals surface area contributed by atoms with Crippen LogP contribution in [0.15, 0.2) is 12.1 Å². The van der Waals surface area contributed by atoms with Gasteiger partial charge in [0.05, 0.1) is 5.69 Å². The molecule has 0 aromatic carbocycles. The summed E-state index contributed by atoms with van der Waals surface area (Å²) in [5, 5.41) is 12.9.